The molecule has 13 heavy (non-hydrogen) atoms. The van der Waals surface area contributed by atoms with E-state index in [2.05, 4.69) is 31.2 Å². The van der Waals surface area contributed by atoms with Crippen LogP contribution in [-0.4, -0.2) is 23.9 Å². The molecule has 72 valence electrons. The topological polar surface area (TPSA) is 29.5 Å². The number of ether oxygens (including phenoxy) is 1. The molecule has 2 heteroatoms. The van der Waals surface area contributed by atoms with E-state index in [-0.39, 0.29) is 24.7 Å². The predicted octanol–water partition coefficient (Wildman–Crippen LogP) is 1.51. The zero-order chi connectivity index (χ0) is 9.26. The first-order chi connectivity index (χ1) is 6.36. The van der Waals surface area contributed by atoms with Gasteiger partial charge in [-0.1, -0.05) is 31.2 Å². The fourth-order valence-corrected chi connectivity index (χ4v) is 2.19. The number of hydrogen-bond donors (Lipinski definition) is 1. The standard InChI is InChI=1S/C11H16O2/c1-2-3-4-8-9(7-12)11-6-5-10(8)13-11/h3-6,8-12H,2,7H2,1H3/b4-3-. The van der Waals surface area contributed by atoms with Crippen LogP contribution in [0.4, 0.5) is 0 Å². The lowest BCUT2D eigenvalue weighted by atomic mass is 9.83. The first kappa shape index (κ1) is 8.97. The Morgan fingerprint density at radius 1 is 1.38 bits per heavy atom. The summed E-state index contributed by atoms with van der Waals surface area (Å²) in [6.07, 6.45) is 9.95. The maximum atomic E-state index is 9.21. The summed E-state index contributed by atoms with van der Waals surface area (Å²) in [4.78, 5) is 0. The van der Waals surface area contributed by atoms with Crippen LogP contribution in [0, 0.1) is 11.8 Å². The Kier molecular flexibility index (Phi) is 2.51. The summed E-state index contributed by atoms with van der Waals surface area (Å²) in [5.74, 6) is 0.665. The van der Waals surface area contributed by atoms with Crippen molar-refractivity contribution in [2.45, 2.75) is 25.6 Å². The number of fused-ring (bicyclic) bond motifs is 2. The number of rotatable bonds is 3. The van der Waals surface area contributed by atoms with E-state index in [1.807, 2.05) is 0 Å². The quantitative estimate of drug-likeness (QED) is 0.667. The first-order valence-corrected chi connectivity index (χ1v) is 4.98. The van der Waals surface area contributed by atoms with Gasteiger partial charge in [0.1, 0.15) is 0 Å². The van der Waals surface area contributed by atoms with Gasteiger partial charge in [-0.3, -0.25) is 0 Å². The van der Waals surface area contributed by atoms with Gasteiger partial charge in [-0.2, -0.15) is 0 Å². The van der Waals surface area contributed by atoms with Crippen molar-refractivity contribution in [2.75, 3.05) is 6.61 Å². The molecule has 4 atom stereocenters. The predicted molar refractivity (Wildman–Crippen MR) is 51.3 cm³/mol. The molecule has 2 bridgehead atoms. The maximum Gasteiger partial charge on any atom is 0.0832 e. The monoisotopic (exact) mass is 180 g/mol. The van der Waals surface area contributed by atoms with Gasteiger partial charge in [-0.05, 0) is 6.42 Å². The first-order valence-electron chi connectivity index (χ1n) is 4.98. The summed E-state index contributed by atoms with van der Waals surface area (Å²) < 4.78 is 5.66. The molecule has 0 spiro atoms. The molecule has 0 amide bonds. The Labute approximate surface area is 78.9 Å². The van der Waals surface area contributed by atoms with Crippen molar-refractivity contribution in [1.29, 1.82) is 0 Å². The van der Waals surface area contributed by atoms with Gasteiger partial charge in [-0.15, -0.1) is 0 Å². The summed E-state index contributed by atoms with van der Waals surface area (Å²) in [6.45, 7) is 2.35. The van der Waals surface area contributed by atoms with Crippen molar-refractivity contribution in [1.82, 2.24) is 0 Å². The lowest BCUT2D eigenvalue weighted by Gasteiger charge is -2.19. The molecule has 0 aromatic heterocycles. The lowest BCUT2D eigenvalue weighted by Crippen LogP contribution is -2.25. The molecule has 4 unspecified atom stereocenters. The molecule has 2 aliphatic rings. The van der Waals surface area contributed by atoms with Crippen LogP contribution in [0.3, 0.4) is 0 Å². The third-order valence-corrected chi connectivity index (χ3v) is 2.91. The van der Waals surface area contributed by atoms with E-state index < -0.39 is 0 Å². The van der Waals surface area contributed by atoms with E-state index in [1.165, 1.54) is 0 Å². The minimum atomic E-state index is 0.154. The zero-order valence-electron chi connectivity index (χ0n) is 7.89. The molecule has 1 fully saturated rings. The van der Waals surface area contributed by atoms with Crippen molar-refractivity contribution in [2.24, 2.45) is 11.8 Å². The van der Waals surface area contributed by atoms with Crippen LogP contribution >= 0.6 is 0 Å². The van der Waals surface area contributed by atoms with Gasteiger partial charge in [0.25, 0.3) is 0 Å². The van der Waals surface area contributed by atoms with E-state index in [0.29, 0.717) is 5.92 Å². The molecule has 2 rings (SSSR count). The summed E-state index contributed by atoms with van der Waals surface area (Å²) >= 11 is 0. The normalized spacial score (nSPS) is 42.3. The van der Waals surface area contributed by atoms with Crippen LogP contribution in [0.5, 0.6) is 0 Å². The molecule has 2 heterocycles. The van der Waals surface area contributed by atoms with Gasteiger partial charge in [0.2, 0.25) is 0 Å². The van der Waals surface area contributed by atoms with E-state index in [0.717, 1.165) is 6.42 Å². The van der Waals surface area contributed by atoms with Crippen molar-refractivity contribution < 1.29 is 9.84 Å². The average Bonchev–Trinajstić information content (AvgIpc) is 2.73. The molecule has 0 aromatic rings. The molecule has 1 N–H and O–H groups in total. The van der Waals surface area contributed by atoms with Crippen molar-refractivity contribution >= 4 is 0 Å². The molecule has 0 aliphatic carbocycles. The second-order valence-electron chi connectivity index (χ2n) is 3.71. The molecule has 0 saturated carbocycles. The summed E-state index contributed by atoms with van der Waals surface area (Å²) in [7, 11) is 0. The van der Waals surface area contributed by atoms with Crippen molar-refractivity contribution in [3.63, 3.8) is 0 Å². The molecule has 0 aromatic carbocycles. The summed E-state index contributed by atoms with van der Waals surface area (Å²) in [6, 6.07) is 0. The van der Waals surface area contributed by atoms with Crippen molar-refractivity contribution in [3.8, 4) is 0 Å². The van der Waals surface area contributed by atoms with Gasteiger partial charge >= 0.3 is 0 Å². The van der Waals surface area contributed by atoms with Gasteiger partial charge < -0.3 is 9.84 Å². The second-order valence-corrected chi connectivity index (χ2v) is 3.71. The van der Waals surface area contributed by atoms with Crippen LogP contribution in [-0.2, 0) is 4.74 Å². The fourth-order valence-electron chi connectivity index (χ4n) is 2.19. The Bertz CT molecular complexity index is 232. The van der Waals surface area contributed by atoms with Gasteiger partial charge in [0.15, 0.2) is 0 Å². The SMILES string of the molecule is CC/C=C\C1C2C=CC(O2)C1CO. The number of aliphatic hydroxyl groups excluding tert-OH is 1. The highest BCUT2D eigenvalue weighted by atomic mass is 16.5. The van der Waals surface area contributed by atoms with Gasteiger partial charge in [0, 0.05) is 18.4 Å². The van der Waals surface area contributed by atoms with Crippen LogP contribution in [0.1, 0.15) is 13.3 Å². The molecule has 2 aliphatic heterocycles. The van der Waals surface area contributed by atoms with Crippen LogP contribution in [0.25, 0.3) is 0 Å². The highest BCUT2D eigenvalue weighted by molar-refractivity contribution is 5.18. The smallest absolute Gasteiger partial charge is 0.0832 e. The van der Waals surface area contributed by atoms with Crippen LogP contribution < -0.4 is 0 Å². The average molecular weight is 180 g/mol. The summed E-state index contributed by atoms with van der Waals surface area (Å²) in [5.41, 5.74) is 0. The van der Waals surface area contributed by atoms with E-state index in [4.69, 9.17) is 4.74 Å². The van der Waals surface area contributed by atoms with Gasteiger partial charge in [0.05, 0.1) is 12.2 Å². The Hall–Kier alpha value is -0.600. The molecule has 2 nitrogen and oxygen atoms in total. The van der Waals surface area contributed by atoms with Crippen LogP contribution in [0.2, 0.25) is 0 Å². The Morgan fingerprint density at radius 2 is 2.15 bits per heavy atom. The fraction of sp³-hybridized carbons (Fsp3) is 0.636. The summed E-state index contributed by atoms with van der Waals surface area (Å²) in [5, 5.41) is 9.21. The highest BCUT2D eigenvalue weighted by Crippen LogP contribution is 2.39. The minimum absolute atomic E-state index is 0.154. The van der Waals surface area contributed by atoms with Gasteiger partial charge in [-0.25, -0.2) is 0 Å². The third kappa shape index (κ3) is 1.45. The lowest BCUT2D eigenvalue weighted by molar-refractivity contribution is 0.0944. The Balaban J connectivity index is 2.09. The number of aliphatic hydroxyl groups is 1. The minimum Gasteiger partial charge on any atom is -0.396 e. The molecular weight excluding hydrogens is 164 g/mol. The third-order valence-electron chi connectivity index (χ3n) is 2.91. The highest BCUT2D eigenvalue weighted by Gasteiger charge is 2.43. The van der Waals surface area contributed by atoms with E-state index >= 15 is 0 Å². The maximum absolute atomic E-state index is 9.21. The number of allylic oxidation sites excluding steroid dienone is 1. The van der Waals surface area contributed by atoms with Crippen molar-refractivity contribution in [3.05, 3.63) is 24.3 Å². The number of hydrogen-bond acceptors (Lipinski definition) is 2. The molecular formula is C11H16O2. The van der Waals surface area contributed by atoms with E-state index in [1.54, 1.807) is 0 Å². The zero-order valence-corrected chi connectivity index (χ0v) is 7.89. The second kappa shape index (κ2) is 3.64. The largest absolute Gasteiger partial charge is 0.396 e. The Morgan fingerprint density at radius 3 is 2.85 bits per heavy atom. The molecule has 0 radical (unpaired) electrons. The van der Waals surface area contributed by atoms with E-state index in [9.17, 15) is 5.11 Å². The van der Waals surface area contributed by atoms with Crippen LogP contribution in [0.15, 0.2) is 24.3 Å². The molecule has 1 saturated heterocycles.